The van der Waals surface area contributed by atoms with E-state index in [9.17, 15) is 4.79 Å². The van der Waals surface area contributed by atoms with Gasteiger partial charge in [0.15, 0.2) is 0 Å². The fraction of sp³-hybridized carbons (Fsp3) is 0.429. The maximum Gasteiger partial charge on any atom is 0.245 e. The summed E-state index contributed by atoms with van der Waals surface area (Å²) in [6.45, 7) is 0.780. The molecule has 1 heterocycles. The molecule has 0 fully saturated rings. The minimum Gasteiger partial charge on any atom is -0.396 e. The predicted octanol–water partition coefficient (Wildman–Crippen LogP) is 1.44. The summed E-state index contributed by atoms with van der Waals surface area (Å²) in [4.78, 5) is 16.4. The molecule has 0 aliphatic carbocycles. The van der Waals surface area contributed by atoms with Crippen LogP contribution in [-0.2, 0) is 4.79 Å². The molecule has 1 amide bonds. The van der Waals surface area contributed by atoms with Crippen molar-refractivity contribution in [1.29, 1.82) is 0 Å². The minimum absolute atomic E-state index is 0.0172. The first-order valence-electron chi connectivity index (χ1n) is 6.46. The number of nitrogens with one attached hydrogen (secondary N) is 1. The van der Waals surface area contributed by atoms with Crippen LogP contribution >= 0.6 is 11.8 Å². The standard InChI is InChI=1S/C14H18N2O2S/c17-9-5-4-8-15-13(18)12-10-19-14(16-12)11-6-2-1-3-7-11/h1-3,6-7,12,17H,4-5,8-10H2,(H,15,18). The van der Waals surface area contributed by atoms with Gasteiger partial charge in [-0.25, -0.2) is 0 Å². The second kappa shape index (κ2) is 7.31. The van der Waals surface area contributed by atoms with E-state index in [1.54, 1.807) is 11.8 Å². The topological polar surface area (TPSA) is 61.7 Å². The van der Waals surface area contributed by atoms with Crippen LogP contribution in [0.2, 0.25) is 0 Å². The number of unbranched alkanes of at least 4 members (excludes halogenated alkanes) is 1. The number of carbonyl (C=O) groups is 1. The van der Waals surface area contributed by atoms with Crippen molar-refractivity contribution in [3.8, 4) is 0 Å². The zero-order valence-electron chi connectivity index (χ0n) is 10.7. The molecule has 1 aromatic rings. The average molecular weight is 278 g/mol. The van der Waals surface area contributed by atoms with Crippen LogP contribution in [0.25, 0.3) is 0 Å². The lowest BCUT2D eigenvalue weighted by Crippen LogP contribution is -2.34. The molecule has 0 bridgehead atoms. The number of thioether (sulfide) groups is 1. The molecule has 2 N–H and O–H groups in total. The van der Waals surface area contributed by atoms with Crippen LogP contribution in [-0.4, -0.2) is 41.0 Å². The number of benzene rings is 1. The van der Waals surface area contributed by atoms with Gasteiger partial charge >= 0.3 is 0 Å². The predicted molar refractivity (Wildman–Crippen MR) is 78.6 cm³/mol. The maximum atomic E-state index is 11.9. The summed E-state index contributed by atoms with van der Waals surface area (Å²) in [5.74, 6) is 0.687. The highest BCUT2D eigenvalue weighted by Gasteiger charge is 2.25. The van der Waals surface area contributed by atoms with Crippen molar-refractivity contribution in [3.63, 3.8) is 0 Å². The van der Waals surface area contributed by atoms with Crippen molar-refractivity contribution in [2.45, 2.75) is 18.9 Å². The summed E-state index contributed by atoms with van der Waals surface area (Å²) in [6, 6.07) is 9.64. The highest BCUT2D eigenvalue weighted by molar-refractivity contribution is 8.14. The van der Waals surface area contributed by atoms with Gasteiger partial charge < -0.3 is 10.4 Å². The first-order valence-corrected chi connectivity index (χ1v) is 7.44. The van der Waals surface area contributed by atoms with E-state index >= 15 is 0 Å². The fourth-order valence-corrected chi connectivity index (χ4v) is 2.86. The second-order valence-corrected chi connectivity index (χ2v) is 5.36. The van der Waals surface area contributed by atoms with E-state index < -0.39 is 0 Å². The number of aliphatic imine (C=N–C) groups is 1. The quantitative estimate of drug-likeness (QED) is 0.774. The molecule has 0 radical (unpaired) electrons. The van der Waals surface area contributed by atoms with Crippen molar-refractivity contribution in [2.24, 2.45) is 4.99 Å². The number of aliphatic hydroxyl groups excluding tert-OH is 1. The lowest BCUT2D eigenvalue weighted by Gasteiger charge is -2.07. The summed E-state index contributed by atoms with van der Waals surface area (Å²) in [7, 11) is 0. The van der Waals surface area contributed by atoms with Crippen LogP contribution in [0.5, 0.6) is 0 Å². The van der Waals surface area contributed by atoms with Gasteiger partial charge in [-0.2, -0.15) is 0 Å². The van der Waals surface area contributed by atoms with Crippen molar-refractivity contribution in [3.05, 3.63) is 35.9 Å². The number of carbonyl (C=O) groups excluding carboxylic acids is 1. The van der Waals surface area contributed by atoms with Crippen LogP contribution in [0, 0.1) is 0 Å². The molecule has 1 atom stereocenters. The number of nitrogens with zero attached hydrogens (tertiary/aromatic N) is 1. The molecule has 2 rings (SSSR count). The Hall–Kier alpha value is -1.33. The van der Waals surface area contributed by atoms with Crippen molar-refractivity contribution < 1.29 is 9.90 Å². The van der Waals surface area contributed by atoms with Gasteiger partial charge in [-0.3, -0.25) is 9.79 Å². The van der Waals surface area contributed by atoms with Crippen LogP contribution in [0.1, 0.15) is 18.4 Å². The molecule has 102 valence electrons. The summed E-state index contributed by atoms with van der Waals surface area (Å²) < 4.78 is 0. The molecular formula is C14H18N2O2S. The van der Waals surface area contributed by atoms with E-state index in [4.69, 9.17) is 5.11 Å². The minimum atomic E-state index is -0.283. The lowest BCUT2D eigenvalue weighted by atomic mass is 10.2. The zero-order chi connectivity index (χ0) is 13.5. The zero-order valence-corrected chi connectivity index (χ0v) is 11.5. The first kappa shape index (κ1) is 14.1. The van der Waals surface area contributed by atoms with E-state index in [0.29, 0.717) is 12.3 Å². The largest absolute Gasteiger partial charge is 0.396 e. The first-order chi connectivity index (χ1) is 9.31. The van der Waals surface area contributed by atoms with E-state index in [1.165, 1.54) is 0 Å². The van der Waals surface area contributed by atoms with Crippen molar-refractivity contribution >= 4 is 22.7 Å². The summed E-state index contributed by atoms with van der Waals surface area (Å²) in [5, 5.41) is 12.5. The van der Waals surface area contributed by atoms with Gasteiger partial charge in [0.1, 0.15) is 6.04 Å². The monoisotopic (exact) mass is 278 g/mol. The SMILES string of the molecule is O=C(NCCCCO)C1CSC(c2ccccc2)=N1. The van der Waals surface area contributed by atoms with E-state index in [1.807, 2.05) is 30.3 Å². The maximum absolute atomic E-state index is 11.9. The highest BCUT2D eigenvalue weighted by atomic mass is 32.2. The normalized spacial score (nSPS) is 18.2. The van der Waals surface area contributed by atoms with Crippen molar-refractivity contribution in [2.75, 3.05) is 18.9 Å². The number of rotatable bonds is 6. The second-order valence-electron chi connectivity index (χ2n) is 4.35. The molecule has 4 nitrogen and oxygen atoms in total. The van der Waals surface area contributed by atoms with Crippen LogP contribution in [0.15, 0.2) is 35.3 Å². The van der Waals surface area contributed by atoms with Crippen LogP contribution < -0.4 is 5.32 Å². The Kier molecular flexibility index (Phi) is 5.42. The Morgan fingerprint density at radius 3 is 2.89 bits per heavy atom. The van der Waals surface area contributed by atoms with Gasteiger partial charge in [0.2, 0.25) is 5.91 Å². The molecule has 1 aliphatic rings. The van der Waals surface area contributed by atoms with Crippen LogP contribution in [0.3, 0.4) is 0 Å². The molecule has 1 unspecified atom stereocenters. The van der Waals surface area contributed by atoms with Gasteiger partial charge in [0, 0.05) is 24.5 Å². The number of hydrogen-bond donors (Lipinski definition) is 2. The lowest BCUT2D eigenvalue weighted by molar-refractivity contribution is -0.121. The molecule has 19 heavy (non-hydrogen) atoms. The van der Waals surface area contributed by atoms with Gasteiger partial charge in [0.05, 0.1) is 5.04 Å². The smallest absolute Gasteiger partial charge is 0.245 e. The van der Waals surface area contributed by atoms with E-state index in [0.717, 1.165) is 23.4 Å². The number of hydrogen-bond acceptors (Lipinski definition) is 4. The third-order valence-corrected chi connectivity index (χ3v) is 3.96. The Morgan fingerprint density at radius 2 is 2.16 bits per heavy atom. The third kappa shape index (κ3) is 4.08. The molecule has 0 saturated carbocycles. The Bertz CT molecular complexity index is 448. The fourth-order valence-electron chi connectivity index (χ4n) is 1.81. The summed E-state index contributed by atoms with van der Waals surface area (Å²) in [6.07, 6.45) is 1.52. The molecule has 1 aromatic carbocycles. The average Bonchev–Trinajstić information content (AvgIpc) is 2.94. The molecule has 0 aromatic heterocycles. The summed E-state index contributed by atoms with van der Waals surface area (Å²) >= 11 is 1.62. The summed E-state index contributed by atoms with van der Waals surface area (Å²) in [5.41, 5.74) is 1.07. The van der Waals surface area contributed by atoms with E-state index in [2.05, 4.69) is 10.3 Å². The van der Waals surface area contributed by atoms with Gasteiger partial charge in [-0.1, -0.05) is 30.3 Å². The molecule has 5 heteroatoms. The molecule has 0 spiro atoms. The number of amides is 1. The number of aliphatic hydroxyl groups is 1. The van der Waals surface area contributed by atoms with Gasteiger partial charge in [-0.15, -0.1) is 11.8 Å². The van der Waals surface area contributed by atoms with Crippen LogP contribution in [0.4, 0.5) is 0 Å². The molecule has 0 saturated heterocycles. The Balaban J connectivity index is 1.86. The third-order valence-electron chi connectivity index (χ3n) is 2.86. The molecule has 1 aliphatic heterocycles. The van der Waals surface area contributed by atoms with Gasteiger partial charge in [0.25, 0.3) is 0 Å². The van der Waals surface area contributed by atoms with Crippen molar-refractivity contribution in [1.82, 2.24) is 5.32 Å². The van der Waals surface area contributed by atoms with Gasteiger partial charge in [-0.05, 0) is 12.8 Å². The van der Waals surface area contributed by atoms with E-state index in [-0.39, 0.29) is 18.6 Å². The highest BCUT2D eigenvalue weighted by Crippen LogP contribution is 2.23. The molecular weight excluding hydrogens is 260 g/mol. The Morgan fingerprint density at radius 1 is 1.37 bits per heavy atom. The Labute approximate surface area is 117 Å².